The molecule has 0 aliphatic carbocycles. The first kappa shape index (κ1) is 27.5. The van der Waals surface area contributed by atoms with Gasteiger partial charge in [-0.1, -0.05) is 36.4 Å². The molecule has 1 aromatic heterocycles. The molecule has 0 saturated carbocycles. The van der Waals surface area contributed by atoms with E-state index in [1.165, 1.54) is 55.7 Å². The number of amides is 2. The van der Waals surface area contributed by atoms with E-state index in [-0.39, 0.29) is 6.03 Å². The Morgan fingerprint density at radius 2 is 1.40 bits per heavy atom. The van der Waals surface area contributed by atoms with Crippen molar-refractivity contribution in [3.63, 3.8) is 0 Å². The molecule has 3 heterocycles. The molecule has 7 nitrogen and oxygen atoms in total. The van der Waals surface area contributed by atoms with Crippen LogP contribution in [-0.4, -0.2) is 37.2 Å². The van der Waals surface area contributed by atoms with Gasteiger partial charge in [-0.05, 0) is 80.1 Å². The van der Waals surface area contributed by atoms with Crippen LogP contribution in [0.2, 0.25) is 0 Å². The van der Waals surface area contributed by atoms with Gasteiger partial charge in [0.15, 0.2) is 0 Å². The topological polar surface area (TPSA) is 86.5 Å². The molecule has 2 amide bonds. The molecular weight excluding hydrogens is 496 g/mol. The molecule has 2 fully saturated rings. The molecule has 4 N–H and O–H groups in total. The lowest BCUT2D eigenvalue weighted by atomic mass is 10.1. The standard InChI is InChI=1S/C22H24N4O.C11H16N2/c1-16-13-20-18(15-23-16)5-4-6-21(20)25-22(27)24-14-17-7-9-19(10-8-17)26-11-2-3-12-26;12-9-10-3-5-11(6-4-10)13-7-1-2-8-13/h4-10,13,15H,2-3,11-12,14H2,1H3,(H2,24,25,27);3-6H,1-2,7-9,12H2. The predicted molar refractivity (Wildman–Crippen MR) is 166 cm³/mol. The summed E-state index contributed by atoms with van der Waals surface area (Å²) in [7, 11) is 0. The normalized spacial score (nSPS) is 14.7. The number of carbonyl (C=O) groups is 1. The molecule has 40 heavy (non-hydrogen) atoms. The van der Waals surface area contributed by atoms with E-state index in [9.17, 15) is 4.79 Å². The maximum atomic E-state index is 12.3. The zero-order chi connectivity index (χ0) is 27.7. The molecule has 208 valence electrons. The molecule has 7 heteroatoms. The number of nitrogens with zero attached hydrogens (tertiary/aromatic N) is 3. The number of pyridine rings is 1. The number of carbonyl (C=O) groups excluding carboxylic acids is 1. The van der Waals surface area contributed by atoms with E-state index in [0.717, 1.165) is 40.8 Å². The van der Waals surface area contributed by atoms with E-state index in [0.29, 0.717) is 13.1 Å². The number of urea groups is 1. The first-order valence-electron chi connectivity index (χ1n) is 14.4. The molecular formula is C33H40N6O. The van der Waals surface area contributed by atoms with E-state index in [1.54, 1.807) is 0 Å². The number of hydrogen-bond acceptors (Lipinski definition) is 5. The predicted octanol–water partition coefficient (Wildman–Crippen LogP) is 6.21. The Kier molecular flexibility index (Phi) is 9.14. The number of hydrogen-bond donors (Lipinski definition) is 3. The Morgan fingerprint density at radius 3 is 1.98 bits per heavy atom. The maximum absolute atomic E-state index is 12.3. The van der Waals surface area contributed by atoms with Gasteiger partial charge in [0.25, 0.3) is 0 Å². The second-order valence-corrected chi connectivity index (χ2v) is 10.6. The van der Waals surface area contributed by atoms with Crippen molar-refractivity contribution in [2.24, 2.45) is 5.73 Å². The summed E-state index contributed by atoms with van der Waals surface area (Å²) in [6.07, 6.45) is 7.04. The molecule has 0 bridgehead atoms. The molecule has 4 aromatic rings. The van der Waals surface area contributed by atoms with Crippen LogP contribution in [0.4, 0.5) is 21.9 Å². The first-order chi connectivity index (χ1) is 19.6. The van der Waals surface area contributed by atoms with Crippen molar-refractivity contribution in [1.82, 2.24) is 10.3 Å². The van der Waals surface area contributed by atoms with Crippen LogP contribution in [0.15, 0.2) is 79.0 Å². The highest BCUT2D eigenvalue weighted by Gasteiger charge is 2.13. The van der Waals surface area contributed by atoms with E-state index in [1.807, 2.05) is 37.4 Å². The SMILES string of the molecule is Cc1cc2c(NC(=O)NCc3ccc(N4CCCC4)cc3)cccc2cn1.NCc1ccc(N2CCCC2)cc1. The quantitative estimate of drug-likeness (QED) is 0.273. The fourth-order valence-corrected chi connectivity index (χ4v) is 5.35. The van der Waals surface area contributed by atoms with Gasteiger partial charge in [0.1, 0.15) is 0 Å². The second kappa shape index (κ2) is 13.3. The van der Waals surface area contributed by atoms with E-state index in [4.69, 9.17) is 5.73 Å². The zero-order valence-corrected chi connectivity index (χ0v) is 23.4. The Hall–Kier alpha value is -4.10. The summed E-state index contributed by atoms with van der Waals surface area (Å²) >= 11 is 0. The third kappa shape index (κ3) is 7.10. The van der Waals surface area contributed by atoms with Crippen molar-refractivity contribution in [2.75, 3.05) is 41.3 Å². The number of anilines is 3. The number of aryl methyl sites for hydroxylation is 1. The van der Waals surface area contributed by atoms with Crippen molar-refractivity contribution in [3.05, 3.63) is 95.8 Å². The molecule has 3 aromatic carbocycles. The van der Waals surface area contributed by atoms with Gasteiger partial charge in [-0.25, -0.2) is 4.79 Å². The third-order valence-electron chi connectivity index (χ3n) is 7.65. The zero-order valence-electron chi connectivity index (χ0n) is 23.4. The number of aromatic nitrogens is 1. The van der Waals surface area contributed by atoms with Crippen LogP contribution >= 0.6 is 0 Å². The smallest absolute Gasteiger partial charge is 0.319 e. The van der Waals surface area contributed by atoms with Gasteiger partial charge < -0.3 is 26.2 Å². The minimum Gasteiger partial charge on any atom is -0.372 e. The lowest BCUT2D eigenvalue weighted by Crippen LogP contribution is -2.28. The molecule has 2 aliphatic rings. The highest BCUT2D eigenvalue weighted by atomic mass is 16.2. The number of fused-ring (bicyclic) bond motifs is 1. The van der Waals surface area contributed by atoms with Gasteiger partial charge in [0.2, 0.25) is 0 Å². The summed E-state index contributed by atoms with van der Waals surface area (Å²) in [4.78, 5) is 21.5. The lowest BCUT2D eigenvalue weighted by molar-refractivity contribution is 0.252. The van der Waals surface area contributed by atoms with Gasteiger partial charge in [0, 0.05) is 73.3 Å². The Balaban J connectivity index is 0.000000207. The van der Waals surface area contributed by atoms with Crippen molar-refractivity contribution in [2.45, 2.75) is 45.7 Å². The summed E-state index contributed by atoms with van der Waals surface area (Å²) in [5, 5.41) is 7.89. The summed E-state index contributed by atoms with van der Waals surface area (Å²) in [6.45, 7) is 7.78. The van der Waals surface area contributed by atoms with Crippen molar-refractivity contribution >= 4 is 33.9 Å². The Bertz CT molecular complexity index is 1390. The number of nitrogens with two attached hydrogens (primary N) is 1. The number of benzene rings is 3. The van der Waals surface area contributed by atoms with Crippen LogP contribution in [0.25, 0.3) is 10.8 Å². The molecule has 2 aliphatic heterocycles. The third-order valence-corrected chi connectivity index (χ3v) is 7.65. The first-order valence-corrected chi connectivity index (χ1v) is 14.4. The molecule has 0 atom stereocenters. The summed E-state index contributed by atoms with van der Waals surface area (Å²) in [6, 6.07) is 24.6. The van der Waals surface area contributed by atoms with Crippen LogP contribution in [0.5, 0.6) is 0 Å². The minimum absolute atomic E-state index is 0.208. The van der Waals surface area contributed by atoms with Crippen molar-refractivity contribution in [3.8, 4) is 0 Å². The average molecular weight is 537 g/mol. The minimum atomic E-state index is -0.208. The highest BCUT2D eigenvalue weighted by Crippen LogP contribution is 2.24. The molecule has 0 unspecified atom stereocenters. The Morgan fingerprint density at radius 1 is 0.825 bits per heavy atom. The fraction of sp³-hybridized carbons (Fsp3) is 0.333. The Labute approximate surface area is 237 Å². The van der Waals surface area contributed by atoms with Gasteiger partial charge in [-0.15, -0.1) is 0 Å². The number of rotatable bonds is 6. The second-order valence-electron chi connectivity index (χ2n) is 10.6. The number of nitrogens with one attached hydrogen (secondary N) is 2. The summed E-state index contributed by atoms with van der Waals surface area (Å²) < 4.78 is 0. The van der Waals surface area contributed by atoms with Crippen LogP contribution in [-0.2, 0) is 13.1 Å². The van der Waals surface area contributed by atoms with Gasteiger partial charge in [-0.3, -0.25) is 4.98 Å². The van der Waals surface area contributed by atoms with E-state index >= 15 is 0 Å². The van der Waals surface area contributed by atoms with Gasteiger partial charge in [-0.2, -0.15) is 0 Å². The maximum Gasteiger partial charge on any atom is 0.319 e. The van der Waals surface area contributed by atoms with Crippen LogP contribution in [0, 0.1) is 6.92 Å². The summed E-state index contributed by atoms with van der Waals surface area (Å²) in [5.74, 6) is 0. The van der Waals surface area contributed by atoms with Crippen LogP contribution < -0.4 is 26.2 Å². The average Bonchev–Trinajstić information content (AvgIpc) is 3.73. The van der Waals surface area contributed by atoms with Crippen molar-refractivity contribution < 1.29 is 4.79 Å². The highest BCUT2D eigenvalue weighted by molar-refractivity contribution is 6.01. The van der Waals surface area contributed by atoms with Gasteiger partial charge >= 0.3 is 6.03 Å². The lowest BCUT2D eigenvalue weighted by Gasteiger charge is -2.17. The van der Waals surface area contributed by atoms with E-state index < -0.39 is 0 Å². The van der Waals surface area contributed by atoms with Crippen LogP contribution in [0.1, 0.15) is 42.5 Å². The van der Waals surface area contributed by atoms with Crippen molar-refractivity contribution in [1.29, 1.82) is 0 Å². The fourth-order valence-electron chi connectivity index (χ4n) is 5.35. The molecule has 0 spiro atoms. The van der Waals surface area contributed by atoms with E-state index in [2.05, 4.69) is 73.9 Å². The largest absolute Gasteiger partial charge is 0.372 e. The monoisotopic (exact) mass is 536 g/mol. The van der Waals surface area contributed by atoms with Gasteiger partial charge in [0.05, 0.1) is 5.69 Å². The molecule has 2 saturated heterocycles. The molecule has 0 radical (unpaired) electrons. The van der Waals surface area contributed by atoms with Crippen LogP contribution in [0.3, 0.4) is 0 Å². The molecule has 6 rings (SSSR count). The summed E-state index contributed by atoms with van der Waals surface area (Å²) in [5.41, 5.74) is 12.2.